The number of nitrogens with zero attached hydrogens (tertiary/aromatic N) is 3. The zero-order valence-electron chi connectivity index (χ0n) is 17.6. The molecule has 2 aromatic rings. The number of aliphatic hydroxyl groups is 1. The van der Waals surface area contributed by atoms with E-state index in [9.17, 15) is 18.3 Å². The number of hydrogen-bond acceptors (Lipinski definition) is 7. The van der Waals surface area contributed by atoms with E-state index in [4.69, 9.17) is 9.47 Å². The van der Waals surface area contributed by atoms with E-state index in [2.05, 4.69) is 4.98 Å². The lowest BCUT2D eigenvalue weighted by atomic mass is 9.95. The number of rotatable bonds is 5. The maximum atomic E-state index is 15.5. The molecule has 0 radical (unpaired) electrons. The molecule has 0 unspecified atom stereocenters. The van der Waals surface area contributed by atoms with Crippen LogP contribution in [0.4, 0.5) is 4.39 Å². The summed E-state index contributed by atoms with van der Waals surface area (Å²) < 4.78 is 53.9. The second kappa shape index (κ2) is 8.08. The topological polar surface area (TPSA) is 109 Å². The summed E-state index contributed by atoms with van der Waals surface area (Å²) in [6, 6.07) is 9.22. The number of pyridine rings is 1. The number of carbonyl (C=O) groups is 1. The van der Waals surface area contributed by atoms with Crippen molar-refractivity contribution >= 4 is 15.9 Å². The molecule has 5 rings (SSSR count). The van der Waals surface area contributed by atoms with E-state index in [-0.39, 0.29) is 48.3 Å². The van der Waals surface area contributed by atoms with Crippen LogP contribution in [0.15, 0.2) is 58.6 Å². The Morgan fingerprint density at radius 3 is 2.42 bits per heavy atom. The molecule has 1 amide bonds. The molecule has 0 fully saturated rings. The van der Waals surface area contributed by atoms with Crippen LogP contribution in [0.25, 0.3) is 0 Å². The number of sulfonamides is 1. The lowest BCUT2D eigenvalue weighted by Gasteiger charge is -2.29. The van der Waals surface area contributed by atoms with Crippen molar-refractivity contribution in [3.8, 4) is 11.6 Å². The molecule has 9 nitrogen and oxygen atoms in total. The number of carbonyl (C=O) groups excluding carboxylic acids is 1. The van der Waals surface area contributed by atoms with Gasteiger partial charge in [-0.05, 0) is 11.1 Å². The van der Waals surface area contributed by atoms with Crippen molar-refractivity contribution < 1.29 is 32.2 Å². The van der Waals surface area contributed by atoms with Gasteiger partial charge in [0.2, 0.25) is 15.7 Å². The van der Waals surface area contributed by atoms with Crippen molar-refractivity contribution in [2.45, 2.75) is 10.6 Å². The summed E-state index contributed by atoms with van der Waals surface area (Å²) in [5.74, 6) is -0.299. The summed E-state index contributed by atoms with van der Waals surface area (Å²) in [5, 5.41) is 9.68. The number of hydrogen-bond donors (Lipinski definition) is 1. The van der Waals surface area contributed by atoms with E-state index in [1.807, 2.05) is 0 Å². The average molecular weight is 475 g/mol. The minimum absolute atomic E-state index is 0.00649. The van der Waals surface area contributed by atoms with Crippen molar-refractivity contribution in [3.63, 3.8) is 0 Å². The van der Waals surface area contributed by atoms with Gasteiger partial charge in [0.05, 0.1) is 12.8 Å². The number of aromatic nitrogens is 1. The van der Waals surface area contributed by atoms with Gasteiger partial charge in [0.15, 0.2) is 5.75 Å². The number of aliphatic hydroxyl groups excluding tert-OH is 1. The van der Waals surface area contributed by atoms with E-state index in [1.54, 1.807) is 18.2 Å². The molecule has 0 saturated carbocycles. The Hall–Kier alpha value is -3.02. The first-order valence-corrected chi connectivity index (χ1v) is 11.9. The van der Waals surface area contributed by atoms with Gasteiger partial charge in [-0.15, -0.1) is 0 Å². The van der Waals surface area contributed by atoms with Gasteiger partial charge < -0.3 is 19.5 Å². The number of benzene rings is 1. The fourth-order valence-corrected chi connectivity index (χ4v) is 5.69. The fourth-order valence-electron chi connectivity index (χ4n) is 4.30. The van der Waals surface area contributed by atoms with Crippen LogP contribution in [0.5, 0.6) is 11.6 Å². The van der Waals surface area contributed by atoms with Gasteiger partial charge in [0.25, 0.3) is 11.8 Å². The molecule has 3 aliphatic rings. The largest absolute Gasteiger partial charge is 0.484 e. The maximum Gasteiger partial charge on any atom is 0.267 e. The molecule has 3 aliphatic heterocycles. The normalized spacial score (nSPS) is 20.0. The molecule has 0 bridgehead atoms. The summed E-state index contributed by atoms with van der Waals surface area (Å²) in [7, 11) is -3.85. The Bertz CT molecular complexity index is 1220. The van der Waals surface area contributed by atoms with Crippen LogP contribution >= 0.6 is 0 Å². The number of fused-ring (bicyclic) bond motifs is 1. The van der Waals surface area contributed by atoms with Crippen molar-refractivity contribution in [1.29, 1.82) is 0 Å². The molecule has 174 valence electrons. The molecule has 0 spiro atoms. The average Bonchev–Trinajstić information content (AvgIpc) is 3.43. The summed E-state index contributed by atoms with van der Waals surface area (Å²) in [4.78, 5) is 18.3. The van der Waals surface area contributed by atoms with Gasteiger partial charge >= 0.3 is 0 Å². The molecular weight excluding hydrogens is 453 g/mol. The molecule has 11 heteroatoms. The number of ether oxygens (including phenoxy) is 2. The van der Waals surface area contributed by atoms with Crippen LogP contribution in [0.3, 0.4) is 0 Å². The van der Waals surface area contributed by atoms with Crippen molar-refractivity contribution in [2.24, 2.45) is 0 Å². The number of halogens is 1. The summed E-state index contributed by atoms with van der Waals surface area (Å²) in [5.41, 5.74) is -0.958. The van der Waals surface area contributed by atoms with Gasteiger partial charge in [-0.1, -0.05) is 30.3 Å². The van der Waals surface area contributed by atoms with Gasteiger partial charge in [-0.2, -0.15) is 4.31 Å². The third kappa shape index (κ3) is 3.65. The first-order chi connectivity index (χ1) is 15.8. The lowest BCUT2D eigenvalue weighted by Crippen LogP contribution is -2.47. The predicted octanol–water partition coefficient (Wildman–Crippen LogP) is 0.853. The standard InChI is InChI=1S/C22H22FN3O6S/c23-22(14-27,17-4-2-1-3-5-17)21(28)25-10-15-12-26(13-16(15)11-25)33(29,30)18-8-19-20(24-9-18)32-7-6-31-19/h1-5,8-9,27H,6-7,10-14H2/t22-/m1/s1. The SMILES string of the molecule is O=C(N1CC2=C(C1)CN(S(=O)(=O)c1cnc3c(c1)OCCO3)C2)[C@@](F)(CO)c1ccccc1. The summed E-state index contributed by atoms with van der Waals surface area (Å²) in [6.45, 7) is 0.101. The Labute approximate surface area is 190 Å². The second-order valence-electron chi connectivity index (χ2n) is 8.14. The van der Waals surface area contributed by atoms with Gasteiger partial charge in [-0.25, -0.2) is 17.8 Å². The molecule has 0 saturated heterocycles. The molecule has 1 N–H and O–H groups in total. The highest BCUT2D eigenvalue weighted by molar-refractivity contribution is 7.89. The number of amides is 1. The Balaban J connectivity index is 1.29. The molecule has 0 aliphatic carbocycles. The first-order valence-electron chi connectivity index (χ1n) is 10.4. The number of alkyl halides is 1. The van der Waals surface area contributed by atoms with Crippen LogP contribution < -0.4 is 9.47 Å². The van der Waals surface area contributed by atoms with Crippen molar-refractivity contribution in [2.75, 3.05) is 46.0 Å². The van der Waals surface area contributed by atoms with E-state index in [0.29, 0.717) is 13.2 Å². The van der Waals surface area contributed by atoms with Crippen molar-refractivity contribution in [3.05, 3.63) is 59.3 Å². The van der Waals surface area contributed by atoms with Crippen LogP contribution in [0, 0.1) is 0 Å². The molecule has 33 heavy (non-hydrogen) atoms. The van der Waals surface area contributed by atoms with Crippen LogP contribution in [0.2, 0.25) is 0 Å². The van der Waals surface area contributed by atoms with E-state index in [0.717, 1.165) is 11.1 Å². The van der Waals surface area contributed by atoms with Gasteiger partial charge in [-0.3, -0.25) is 4.79 Å². The monoisotopic (exact) mass is 475 g/mol. The van der Waals surface area contributed by atoms with E-state index >= 15 is 4.39 Å². The Morgan fingerprint density at radius 1 is 1.09 bits per heavy atom. The molecule has 1 aromatic carbocycles. The third-order valence-electron chi connectivity index (χ3n) is 6.08. The van der Waals surface area contributed by atoms with Crippen LogP contribution in [-0.2, 0) is 20.5 Å². The highest BCUT2D eigenvalue weighted by atomic mass is 32.2. The Kier molecular flexibility index (Phi) is 5.34. The third-order valence-corrected chi connectivity index (χ3v) is 7.84. The quantitative estimate of drug-likeness (QED) is 0.639. The molecule has 1 aromatic heterocycles. The predicted molar refractivity (Wildman–Crippen MR) is 114 cm³/mol. The fraction of sp³-hybridized carbons (Fsp3) is 0.364. The summed E-state index contributed by atoms with van der Waals surface area (Å²) in [6.07, 6.45) is 1.24. The Morgan fingerprint density at radius 2 is 1.76 bits per heavy atom. The van der Waals surface area contributed by atoms with Gasteiger partial charge in [0, 0.05) is 37.8 Å². The van der Waals surface area contributed by atoms with Crippen LogP contribution in [0.1, 0.15) is 5.56 Å². The molecular formula is C22H22FN3O6S. The maximum absolute atomic E-state index is 15.5. The zero-order chi connectivity index (χ0) is 23.2. The molecule has 4 heterocycles. The van der Waals surface area contributed by atoms with E-state index < -0.39 is 28.2 Å². The zero-order valence-corrected chi connectivity index (χ0v) is 18.4. The smallest absolute Gasteiger partial charge is 0.267 e. The van der Waals surface area contributed by atoms with Crippen molar-refractivity contribution in [1.82, 2.24) is 14.2 Å². The molecule has 1 atom stereocenters. The second-order valence-corrected chi connectivity index (χ2v) is 10.1. The van der Waals surface area contributed by atoms with Crippen LogP contribution in [-0.4, -0.2) is 79.6 Å². The summed E-state index contributed by atoms with van der Waals surface area (Å²) >= 11 is 0. The highest BCUT2D eigenvalue weighted by Gasteiger charge is 2.46. The first kappa shape index (κ1) is 21.8. The lowest BCUT2D eigenvalue weighted by molar-refractivity contribution is -0.146. The minimum atomic E-state index is -3.85. The van der Waals surface area contributed by atoms with Gasteiger partial charge in [0.1, 0.15) is 18.1 Å². The highest BCUT2D eigenvalue weighted by Crippen LogP contribution is 2.36. The minimum Gasteiger partial charge on any atom is -0.484 e. The van der Waals surface area contributed by atoms with E-state index in [1.165, 1.54) is 33.6 Å².